The van der Waals surface area contributed by atoms with Gasteiger partial charge < -0.3 is 15.2 Å². The predicted octanol–water partition coefficient (Wildman–Crippen LogP) is 2.41. The molecule has 0 aromatic heterocycles. The Kier molecular flexibility index (Phi) is 5.31. The molecule has 0 aliphatic carbocycles. The molecular formula is C14H21ClN2O2. The summed E-state index contributed by atoms with van der Waals surface area (Å²) in [4.78, 5) is 2.39. The summed E-state index contributed by atoms with van der Waals surface area (Å²) in [5.41, 5.74) is 6.29. The number of anilines is 1. The maximum absolute atomic E-state index is 6.05. The van der Waals surface area contributed by atoms with Crippen LogP contribution in [-0.2, 0) is 4.74 Å². The average molecular weight is 285 g/mol. The average Bonchev–Trinajstić information content (AvgIpc) is 2.42. The van der Waals surface area contributed by atoms with Crippen molar-refractivity contribution in [3.63, 3.8) is 0 Å². The lowest BCUT2D eigenvalue weighted by Gasteiger charge is -2.30. The van der Waals surface area contributed by atoms with Crippen molar-refractivity contribution in [1.82, 2.24) is 4.90 Å². The number of ether oxygens (including phenoxy) is 2. The number of benzene rings is 1. The van der Waals surface area contributed by atoms with Gasteiger partial charge in [0, 0.05) is 32.4 Å². The number of methoxy groups -OCH3 is 1. The van der Waals surface area contributed by atoms with E-state index in [2.05, 4.69) is 4.90 Å². The molecule has 2 N–H and O–H groups in total. The highest BCUT2D eigenvalue weighted by atomic mass is 35.5. The lowest BCUT2D eigenvalue weighted by molar-refractivity contribution is 0.0375. The van der Waals surface area contributed by atoms with Gasteiger partial charge in [-0.3, -0.25) is 4.90 Å². The van der Waals surface area contributed by atoms with E-state index in [1.54, 1.807) is 19.2 Å². The Hall–Kier alpha value is -0.970. The van der Waals surface area contributed by atoms with Crippen LogP contribution >= 0.6 is 11.6 Å². The number of likely N-dealkylation sites (tertiary alicyclic amines) is 1. The number of nitrogens with zero attached hydrogens (tertiary/aromatic N) is 1. The summed E-state index contributed by atoms with van der Waals surface area (Å²) in [6.45, 7) is 3.69. The van der Waals surface area contributed by atoms with Gasteiger partial charge >= 0.3 is 0 Å². The molecule has 5 heteroatoms. The molecule has 19 heavy (non-hydrogen) atoms. The second-order valence-electron chi connectivity index (χ2n) is 4.82. The molecule has 4 nitrogen and oxygen atoms in total. The van der Waals surface area contributed by atoms with Crippen molar-refractivity contribution in [1.29, 1.82) is 0 Å². The summed E-state index contributed by atoms with van der Waals surface area (Å²) < 4.78 is 11.0. The van der Waals surface area contributed by atoms with E-state index in [9.17, 15) is 0 Å². The van der Waals surface area contributed by atoms with Crippen molar-refractivity contribution in [3.8, 4) is 5.75 Å². The van der Waals surface area contributed by atoms with Gasteiger partial charge in [-0.25, -0.2) is 0 Å². The molecule has 0 bridgehead atoms. The number of hydrogen-bond acceptors (Lipinski definition) is 4. The van der Waals surface area contributed by atoms with Crippen LogP contribution < -0.4 is 10.5 Å². The highest BCUT2D eigenvalue weighted by molar-refractivity contribution is 6.32. The topological polar surface area (TPSA) is 47.7 Å². The maximum atomic E-state index is 6.05. The first-order valence-corrected chi connectivity index (χ1v) is 7.00. The monoisotopic (exact) mass is 284 g/mol. The Morgan fingerprint density at radius 1 is 1.37 bits per heavy atom. The molecule has 0 radical (unpaired) electrons. The zero-order chi connectivity index (χ0) is 13.7. The van der Waals surface area contributed by atoms with E-state index in [-0.39, 0.29) is 0 Å². The molecule has 1 fully saturated rings. The molecule has 2 rings (SSSR count). The van der Waals surface area contributed by atoms with Crippen molar-refractivity contribution in [2.24, 2.45) is 0 Å². The van der Waals surface area contributed by atoms with Gasteiger partial charge in [0.25, 0.3) is 0 Å². The van der Waals surface area contributed by atoms with Crippen molar-refractivity contribution >= 4 is 17.3 Å². The smallest absolute Gasteiger partial charge is 0.138 e. The first-order valence-electron chi connectivity index (χ1n) is 6.62. The first-order chi connectivity index (χ1) is 9.19. The standard InChI is InChI=1S/C14H21ClN2O2/c1-18-12-4-6-17(7-5-12)8-9-19-14-3-2-11(16)10-13(14)15/h2-3,10,12H,4-9,16H2,1H3. The van der Waals surface area contributed by atoms with E-state index < -0.39 is 0 Å². The summed E-state index contributed by atoms with van der Waals surface area (Å²) in [5.74, 6) is 0.697. The van der Waals surface area contributed by atoms with Crippen molar-refractivity contribution in [2.45, 2.75) is 18.9 Å². The lowest BCUT2D eigenvalue weighted by atomic mass is 10.1. The van der Waals surface area contributed by atoms with Crippen LogP contribution in [0.15, 0.2) is 18.2 Å². The van der Waals surface area contributed by atoms with E-state index in [1.165, 1.54) is 0 Å². The quantitative estimate of drug-likeness (QED) is 0.844. The third-order valence-corrected chi connectivity index (χ3v) is 3.78. The van der Waals surface area contributed by atoms with Crippen LogP contribution in [0.5, 0.6) is 5.75 Å². The largest absolute Gasteiger partial charge is 0.491 e. The Balaban J connectivity index is 1.72. The normalized spacial score (nSPS) is 17.6. The van der Waals surface area contributed by atoms with Crippen molar-refractivity contribution in [3.05, 3.63) is 23.2 Å². The van der Waals surface area contributed by atoms with Gasteiger partial charge in [0.2, 0.25) is 0 Å². The molecule has 0 amide bonds. The van der Waals surface area contributed by atoms with E-state index in [0.29, 0.717) is 29.2 Å². The number of halogens is 1. The van der Waals surface area contributed by atoms with Gasteiger partial charge in [0.05, 0.1) is 11.1 Å². The number of hydrogen-bond donors (Lipinski definition) is 1. The zero-order valence-corrected chi connectivity index (χ0v) is 12.0. The molecular weight excluding hydrogens is 264 g/mol. The number of piperidine rings is 1. The third kappa shape index (κ3) is 4.27. The minimum atomic E-state index is 0.420. The van der Waals surface area contributed by atoms with Crippen molar-refractivity contribution in [2.75, 3.05) is 39.1 Å². The van der Waals surface area contributed by atoms with Crippen LogP contribution in [0.1, 0.15) is 12.8 Å². The van der Waals surface area contributed by atoms with Crippen molar-refractivity contribution < 1.29 is 9.47 Å². The Labute approximate surface area is 119 Å². The third-order valence-electron chi connectivity index (χ3n) is 3.49. The molecule has 1 aliphatic rings. The summed E-state index contributed by atoms with van der Waals surface area (Å²) in [6.07, 6.45) is 2.61. The maximum Gasteiger partial charge on any atom is 0.138 e. The lowest BCUT2D eigenvalue weighted by Crippen LogP contribution is -2.38. The van der Waals surface area contributed by atoms with E-state index in [1.807, 2.05) is 6.07 Å². The summed E-state index contributed by atoms with van der Waals surface area (Å²) >= 11 is 6.05. The van der Waals surface area contributed by atoms with Crippen LogP contribution in [0.3, 0.4) is 0 Å². The Morgan fingerprint density at radius 2 is 2.11 bits per heavy atom. The second-order valence-corrected chi connectivity index (χ2v) is 5.22. The molecule has 0 atom stereocenters. The molecule has 0 spiro atoms. The van der Waals surface area contributed by atoms with Gasteiger partial charge in [-0.15, -0.1) is 0 Å². The van der Waals surface area contributed by atoms with Crippen LogP contribution in [-0.4, -0.2) is 44.4 Å². The Morgan fingerprint density at radius 3 is 2.74 bits per heavy atom. The zero-order valence-electron chi connectivity index (χ0n) is 11.3. The molecule has 0 saturated carbocycles. The van der Waals surface area contributed by atoms with Gasteiger partial charge in [-0.2, -0.15) is 0 Å². The molecule has 1 aliphatic heterocycles. The summed E-state index contributed by atoms with van der Waals surface area (Å²) in [5, 5.41) is 0.568. The number of nitrogens with two attached hydrogens (primary N) is 1. The summed E-state index contributed by atoms with van der Waals surface area (Å²) in [6, 6.07) is 5.32. The van der Waals surface area contributed by atoms with E-state index in [0.717, 1.165) is 32.5 Å². The predicted molar refractivity (Wildman–Crippen MR) is 77.8 cm³/mol. The minimum absolute atomic E-state index is 0.420. The minimum Gasteiger partial charge on any atom is -0.491 e. The summed E-state index contributed by atoms with van der Waals surface area (Å²) in [7, 11) is 1.78. The molecule has 1 saturated heterocycles. The Bertz CT molecular complexity index is 406. The molecule has 1 aromatic carbocycles. The SMILES string of the molecule is COC1CCN(CCOc2ccc(N)cc2Cl)CC1. The molecule has 106 valence electrons. The van der Waals surface area contributed by atoms with Crippen LogP contribution in [0.25, 0.3) is 0 Å². The number of nitrogen functional groups attached to an aromatic ring is 1. The van der Waals surface area contributed by atoms with Gasteiger partial charge in [0.1, 0.15) is 12.4 Å². The van der Waals surface area contributed by atoms with E-state index in [4.69, 9.17) is 26.8 Å². The highest BCUT2D eigenvalue weighted by Crippen LogP contribution is 2.26. The molecule has 1 aromatic rings. The van der Waals surface area contributed by atoms with Crippen LogP contribution in [0.2, 0.25) is 5.02 Å². The fraction of sp³-hybridized carbons (Fsp3) is 0.571. The second kappa shape index (κ2) is 6.98. The molecule has 0 unspecified atom stereocenters. The van der Waals surface area contributed by atoms with Gasteiger partial charge in [-0.05, 0) is 31.0 Å². The van der Waals surface area contributed by atoms with Gasteiger partial charge in [-0.1, -0.05) is 11.6 Å². The number of rotatable bonds is 5. The van der Waals surface area contributed by atoms with Crippen LogP contribution in [0.4, 0.5) is 5.69 Å². The van der Waals surface area contributed by atoms with E-state index >= 15 is 0 Å². The van der Waals surface area contributed by atoms with Crippen LogP contribution in [0, 0.1) is 0 Å². The fourth-order valence-electron chi connectivity index (χ4n) is 2.29. The first kappa shape index (κ1) is 14.4. The molecule has 1 heterocycles. The highest BCUT2D eigenvalue weighted by Gasteiger charge is 2.18. The van der Waals surface area contributed by atoms with Gasteiger partial charge in [0.15, 0.2) is 0 Å². The fourth-order valence-corrected chi connectivity index (χ4v) is 2.53.